The van der Waals surface area contributed by atoms with Gasteiger partial charge in [0.2, 0.25) is 0 Å². The molecule has 0 aromatic heterocycles. The summed E-state index contributed by atoms with van der Waals surface area (Å²) in [5.41, 5.74) is 0.0733. The number of hydrogen-bond acceptors (Lipinski definition) is 4. The highest BCUT2D eigenvalue weighted by Gasteiger charge is 2.35. The standard InChI is InChI=1S/C20H30N2O4/c1-20(2,3)18-14(7-6-10-24-18)11-21-19(23)22-12-15-13-25-16-8-4-5-9-17(16)26-15/h4-5,8-9,14-15,18H,6-7,10-13H2,1-3H3,(H2,21,22,23). The number of benzene rings is 1. The smallest absolute Gasteiger partial charge is 0.314 e. The molecule has 0 saturated carbocycles. The van der Waals surface area contributed by atoms with E-state index in [9.17, 15) is 4.79 Å². The Morgan fingerprint density at radius 2 is 1.88 bits per heavy atom. The number of para-hydroxylation sites is 2. The predicted molar refractivity (Wildman–Crippen MR) is 99.7 cm³/mol. The molecular formula is C20H30N2O4. The van der Waals surface area contributed by atoms with E-state index < -0.39 is 0 Å². The fourth-order valence-corrected chi connectivity index (χ4v) is 3.67. The van der Waals surface area contributed by atoms with Crippen LogP contribution < -0.4 is 20.1 Å². The zero-order valence-corrected chi connectivity index (χ0v) is 15.9. The fraction of sp³-hybridized carbons (Fsp3) is 0.650. The Kier molecular flexibility index (Phi) is 5.91. The Hall–Kier alpha value is -1.95. The van der Waals surface area contributed by atoms with Gasteiger partial charge in [-0.15, -0.1) is 0 Å². The summed E-state index contributed by atoms with van der Waals surface area (Å²) in [4.78, 5) is 12.2. The lowest BCUT2D eigenvalue weighted by Crippen LogP contribution is -2.49. The van der Waals surface area contributed by atoms with Gasteiger partial charge in [-0.3, -0.25) is 0 Å². The lowest BCUT2D eigenvalue weighted by Gasteiger charge is -2.40. The minimum absolute atomic E-state index is 0.0733. The summed E-state index contributed by atoms with van der Waals surface area (Å²) in [6, 6.07) is 7.39. The summed E-state index contributed by atoms with van der Waals surface area (Å²) in [5.74, 6) is 1.81. The van der Waals surface area contributed by atoms with Crippen LogP contribution in [0.25, 0.3) is 0 Å². The predicted octanol–water partition coefficient (Wildman–Crippen LogP) is 2.97. The van der Waals surface area contributed by atoms with Crippen molar-refractivity contribution in [1.29, 1.82) is 0 Å². The van der Waals surface area contributed by atoms with E-state index in [0.29, 0.717) is 25.6 Å². The van der Waals surface area contributed by atoms with Gasteiger partial charge in [0, 0.05) is 19.1 Å². The maximum absolute atomic E-state index is 12.2. The number of carbonyl (C=O) groups excluding carboxylic acids is 1. The van der Waals surface area contributed by atoms with E-state index >= 15 is 0 Å². The maximum atomic E-state index is 12.2. The number of fused-ring (bicyclic) bond motifs is 1. The molecule has 6 heteroatoms. The molecule has 2 aliphatic rings. The normalized spacial score (nSPS) is 25.4. The van der Waals surface area contributed by atoms with Crippen LogP contribution in [0.3, 0.4) is 0 Å². The van der Waals surface area contributed by atoms with Crippen LogP contribution in [0, 0.1) is 11.3 Å². The van der Waals surface area contributed by atoms with E-state index in [2.05, 4.69) is 31.4 Å². The third-order valence-electron chi connectivity index (χ3n) is 4.88. The maximum Gasteiger partial charge on any atom is 0.314 e. The van der Waals surface area contributed by atoms with Crippen LogP contribution in [0.2, 0.25) is 0 Å². The minimum Gasteiger partial charge on any atom is -0.486 e. The molecular weight excluding hydrogens is 332 g/mol. The minimum atomic E-state index is -0.184. The van der Waals surface area contributed by atoms with Gasteiger partial charge in [-0.1, -0.05) is 32.9 Å². The zero-order chi connectivity index (χ0) is 18.6. The van der Waals surface area contributed by atoms with Crippen molar-refractivity contribution in [3.8, 4) is 11.5 Å². The van der Waals surface area contributed by atoms with E-state index in [0.717, 1.165) is 30.9 Å². The number of hydrogen-bond donors (Lipinski definition) is 2. The molecule has 1 aromatic rings. The molecule has 1 aromatic carbocycles. The van der Waals surface area contributed by atoms with Crippen molar-refractivity contribution in [2.24, 2.45) is 11.3 Å². The van der Waals surface area contributed by atoms with Crippen LogP contribution in [-0.4, -0.2) is 44.5 Å². The van der Waals surface area contributed by atoms with Gasteiger partial charge in [0.15, 0.2) is 17.6 Å². The quantitative estimate of drug-likeness (QED) is 0.864. The summed E-state index contributed by atoms with van der Waals surface area (Å²) < 4.78 is 17.5. The van der Waals surface area contributed by atoms with Crippen molar-refractivity contribution in [1.82, 2.24) is 10.6 Å². The first kappa shape index (κ1) is 18.8. The molecule has 2 N–H and O–H groups in total. The van der Waals surface area contributed by atoms with Crippen LogP contribution in [0.1, 0.15) is 33.6 Å². The van der Waals surface area contributed by atoms with Crippen molar-refractivity contribution in [2.45, 2.75) is 45.8 Å². The Morgan fingerprint density at radius 3 is 2.65 bits per heavy atom. The van der Waals surface area contributed by atoms with E-state index in [1.165, 1.54) is 0 Å². The monoisotopic (exact) mass is 362 g/mol. The zero-order valence-electron chi connectivity index (χ0n) is 15.9. The summed E-state index contributed by atoms with van der Waals surface area (Å²) in [7, 11) is 0. The van der Waals surface area contributed by atoms with Gasteiger partial charge in [-0.2, -0.15) is 0 Å². The molecule has 0 radical (unpaired) electrons. The van der Waals surface area contributed by atoms with Gasteiger partial charge in [-0.05, 0) is 30.4 Å². The second-order valence-corrected chi connectivity index (χ2v) is 8.15. The SMILES string of the molecule is CC(C)(C)C1OCCCC1CNC(=O)NCC1COc2ccccc2O1. The van der Waals surface area contributed by atoms with Crippen LogP contribution in [0.5, 0.6) is 11.5 Å². The molecule has 2 heterocycles. The Balaban J connectivity index is 1.42. The molecule has 0 bridgehead atoms. The lowest BCUT2D eigenvalue weighted by molar-refractivity contribution is -0.0838. The van der Waals surface area contributed by atoms with Crippen molar-refractivity contribution in [3.05, 3.63) is 24.3 Å². The lowest BCUT2D eigenvalue weighted by atomic mass is 9.78. The fourth-order valence-electron chi connectivity index (χ4n) is 3.67. The summed E-state index contributed by atoms with van der Waals surface area (Å²) >= 11 is 0. The molecule has 6 nitrogen and oxygen atoms in total. The first-order valence-electron chi connectivity index (χ1n) is 9.45. The van der Waals surface area contributed by atoms with Crippen LogP contribution in [0.4, 0.5) is 4.79 Å². The molecule has 26 heavy (non-hydrogen) atoms. The highest BCUT2D eigenvalue weighted by Crippen LogP contribution is 2.33. The summed E-state index contributed by atoms with van der Waals surface area (Å²) in [5, 5.41) is 5.87. The molecule has 3 atom stereocenters. The molecule has 1 fully saturated rings. The topological polar surface area (TPSA) is 68.8 Å². The number of amides is 2. The number of ether oxygens (including phenoxy) is 3. The van der Waals surface area contributed by atoms with E-state index in [1.807, 2.05) is 24.3 Å². The van der Waals surface area contributed by atoms with Gasteiger partial charge < -0.3 is 24.8 Å². The number of urea groups is 1. The van der Waals surface area contributed by atoms with Gasteiger partial charge >= 0.3 is 6.03 Å². The van der Waals surface area contributed by atoms with Gasteiger partial charge in [0.1, 0.15) is 6.61 Å². The number of nitrogens with one attached hydrogen (secondary N) is 2. The second kappa shape index (κ2) is 8.16. The third-order valence-corrected chi connectivity index (χ3v) is 4.88. The highest BCUT2D eigenvalue weighted by molar-refractivity contribution is 5.73. The molecule has 0 aliphatic carbocycles. The van der Waals surface area contributed by atoms with Gasteiger partial charge in [-0.25, -0.2) is 4.79 Å². The van der Waals surface area contributed by atoms with Crippen LogP contribution in [0.15, 0.2) is 24.3 Å². The Morgan fingerprint density at radius 1 is 1.15 bits per heavy atom. The van der Waals surface area contributed by atoms with Crippen LogP contribution >= 0.6 is 0 Å². The van der Waals surface area contributed by atoms with E-state index in [-0.39, 0.29) is 23.7 Å². The van der Waals surface area contributed by atoms with Crippen molar-refractivity contribution < 1.29 is 19.0 Å². The van der Waals surface area contributed by atoms with Crippen molar-refractivity contribution >= 4 is 6.03 Å². The largest absolute Gasteiger partial charge is 0.486 e. The number of carbonyl (C=O) groups is 1. The van der Waals surface area contributed by atoms with Gasteiger partial charge in [0.25, 0.3) is 0 Å². The first-order valence-corrected chi connectivity index (χ1v) is 9.45. The average molecular weight is 362 g/mol. The Bertz CT molecular complexity index is 614. The van der Waals surface area contributed by atoms with Crippen molar-refractivity contribution in [3.63, 3.8) is 0 Å². The van der Waals surface area contributed by atoms with Crippen molar-refractivity contribution in [2.75, 3.05) is 26.3 Å². The molecule has 1 saturated heterocycles. The summed E-state index contributed by atoms with van der Waals surface area (Å²) in [6.07, 6.45) is 2.12. The summed E-state index contributed by atoms with van der Waals surface area (Å²) in [6.45, 7) is 8.84. The molecule has 3 rings (SSSR count). The molecule has 144 valence electrons. The van der Waals surface area contributed by atoms with Crippen LogP contribution in [-0.2, 0) is 4.74 Å². The highest BCUT2D eigenvalue weighted by atomic mass is 16.6. The first-order chi connectivity index (χ1) is 12.4. The number of rotatable bonds is 4. The molecule has 2 amide bonds. The molecule has 3 unspecified atom stereocenters. The Labute approximate surface area is 155 Å². The van der Waals surface area contributed by atoms with E-state index in [1.54, 1.807) is 0 Å². The average Bonchev–Trinajstić information content (AvgIpc) is 2.64. The molecule has 0 spiro atoms. The third kappa shape index (κ3) is 4.81. The molecule has 2 aliphatic heterocycles. The second-order valence-electron chi connectivity index (χ2n) is 8.15. The van der Waals surface area contributed by atoms with Gasteiger partial charge in [0.05, 0.1) is 12.6 Å². The van der Waals surface area contributed by atoms with E-state index in [4.69, 9.17) is 14.2 Å².